The first-order valence-electron chi connectivity index (χ1n) is 5.02. The van der Waals surface area contributed by atoms with Crippen LogP contribution in [0.2, 0.25) is 0 Å². The van der Waals surface area contributed by atoms with Gasteiger partial charge >= 0.3 is 0 Å². The quantitative estimate of drug-likeness (QED) is 0.596. The van der Waals surface area contributed by atoms with Crippen LogP contribution in [0.4, 0.5) is 0 Å². The van der Waals surface area contributed by atoms with Crippen molar-refractivity contribution in [2.45, 2.75) is 23.6 Å². The number of primary amides is 1. The van der Waals surface area contributed by atoms with Crippen LogP contribution >= 0.6 is 11.3 Å². The number of nitrogens with two attached hydrogens (primary N) is 2. The van der Waals surface area contributed by atoms with Crippen molar-refractivity contribution in [3.05, 3.63) is 17.0 Å². The van der Waals surface area contributed by atoms with Crippen LogP contribution in [0.1, 0.15) is 17.7 Å². The number of carbonyl (C=O) groups excluding carboxylic acids is 1. The summed E-state index contributed by atoms with van der Waals surface area (Å²) in [5.74, 6) is -0.439. The average Bonchev–Trinajstić information content (AvgIpc) is 2.73. The van der Waals surface area contributed by atoms with E-state index in [1.54, 1.807) is 6.07 Å². The second-order valence-corrected chi connectivity index (χ2v) is 6.55. The second kappa shape index (κ2) is 6.10. The lowest BCUT2D eigenvalue weighted by Crippen LogP contribution is -2.25. The average molecular weight is 277 g/mol. The molecule has 8 heteroatoms. The molecule has 0 aliphatic rings. The summed E-state index contributed by atoms with van der Waals surface area (Å²) in [6, 6.07) is 3.20. The molecule has 0 saturated carbocycles. The van der Waals surface area contributed by atoms with Gasteiger partial charge in [-0.2, -0.15) is 0 Å². The third kappa shape index (κ3) is 4.43. The first-order chi connectivity index (χ1) is 7.95. The van der Waals surface area contributed by atoms with E-state index >= 15 is 0 Å². The molecule has 5 N–H and O–H groups in total. The minimum absolute atomic E-state index is 0.168. The molecule has 0 bridgehead atoms. The van der Waals surface area contributed by atoms with E-state index in [-0.39, 0.29) is 17.2 Å². The lowest BCUT2D eigenvalue weighted by atomic mass is 10.3. The molecule has 1 aromatic heterocycles. The van der Waals surface area contributed by atoms with Crippen LogP contribution in [-0.2, 0) is 21.4 Å². The molecule has 6 nitrogen and oxygen atoms in total. The smallest absolute Gasteiger partial charge is 0.250 e. The van der Waals surface area contributed by atoms with E-state index in [0.29, 0.717) is 13.0 Å². The summed E-state index contributed by atoms with van der Waals surface area (Å²) in [6.45, 7) is 0.517. The predicted molar refractivity (Wildman–Crippen MR) is 65.8 cm³/mol. The van der Waals surface area contributed by atoms with Gasteiger partial charge in [0, 0.05) is 24.4 Å². The molecule has 96 valence electrons. The van der Waals surface area contributed by atoms with Crippen molar-refractivity contribution in [1.82, 2.24) is 4.72 Å². The highest BCUT2D eigenvalue weighted by Crippen LogP contribution is 2.20. The van der Waals surface area contributed by atoms with Crippen molar-refractivity contribution < 1.29 is 13.2 Å². The summed E-state index contributed by atoms with van der Waals surface area (Å²) in [6.07, 6.45) is 0.560. The predicted octanol–water partition coefficient (Wildman–Crippen LogP) is -0.249. The van der Waals surface area contributed by atoms with E-state index in [1.165, 1.54) is 6.07 Å². The van der Waals surface area contributed by atoms with E-state index in [9.17, 15) is 13.2 Å². The lowest BCUT2D eigenvalue weighted by molar-refractivity contribution is -0.118. The maximum Gasteiger partial charge on any atom is 0.250 e. The molecule has 0 atom stereocenters. The highest BCUT2D eigenvalue weighted by molar-refractivity contribution is 7.91. The third-order valence-electron chi connectivity index (χ3n) is 2.00. The van der Waals surface area contributed by atoms with Crippen LogP contribution in [0.15, 0.2) is 16.3 Å². The molecule has 0 radical (unpaired) electrons. The van der Waals surface area contributed by atoms with Gasteiger partial charge in [-0.1, -0.05) is 0 Å². The van der Waals surface area contributed by atoms with E-state index < -0.39 is 15.9 Å². The fourth-order valence-corrected chi connectivity index (χ4v) is 3.51. The van der Waals surface area contributed by atoms with Gasteiger partial charge in [0.05, 0.1) is 0 Å². The Balaban J connectivity index is 2.53. The van der Waals surface area contributed by atoms with Gasteiger partial charge in [-0.25, -0.2) is 13.1 Å². The fraction of sp³-hybridized carbons (Fsp3) is 0.444. The number of hydrogen-bond donors (Lipinski definition) is 3. The summed E-state index contributed by atoms with van der Waals surface area (Å²) in [5, 5.41) is 0. The molecule has 0 spiro atoms. The standard InChI is InChI=1S/C9H15N3O3S2/c10-6-7-3-4-9(16-7)17(14,15)12-5-1-2-8(11)13/h3-4,12H,1-2,5-6,10H2,(H2,11,13). The summed E-state index contributed by atoms with van der Waals surface area (Å²) >= 11 is 1.14. The van der Waals surface area contributed by atoms with Gasteiger partial charge < -0.3 is 11.5 Å². The Kier molecular flexibility index (Phi) is 5.06. The largest absolute Gasteiger partial charge is 0.370 e. The van der Waals surface area contributed by atoms with E-state index in [2.05, 4.69) is 4.72 Å². The summed E-state index contributed by atoms with van der Waals surface area (Å²) in [5.41, 5.74) is 10.4. The minimum Gasteiger partial charge on any atom is -0.370 e. The minimum atomic E-state index is -3.49. The molecule has 0 aliphatic carbocycles. The van der Waals surface area contributed by atoms with Crippen molar-refractivity contribution >= 4 is 27.3 Å². The Morgan fingerprint density at radius 2 is 2.12 bits per heavy atom. The van der Waals surface area contributed by atoms with Crippen molar-refractivity contribution in [2.75, 3.05) is 6.54 Å². The van der Waals surface area contributed by atoms with Crippen LogP contribution < -0.4 is 16.2 Å². The first kappa shape index (κ1) is 14.1. The molecule has 0 saturated heterocycles. The van der Waals surface area contributed by atoms with Crippen molar-refractivity contribution in [3.8, 4) is 0 Å². The topological polar surface area (TPSA) is 115 Å². The summed E-state index contributed by atoms with van der Waals surface area (Å²) in [4.78, 5) is 11.3. The number of hydrogen-bond acceptors (Lipinski definition) is 5. The molecule has 1 rings (SSSR count). The van der Waals surface area contributed by atoms with E-state index in [4.69, 9.17) is 11.5 Å². The molecule has 1 heterocycles. The Labute approximate surface area is 104 Å². The van der Waals surface area contributed by atoms with Gasteiger partial charge in [0.25, 0.3) is 0 Å². The zero-order chi connectivity index (χ0) is 12.9. The summed E-state index contributed by atoms with van der Waals surface area (Å²) < 4.78 is 26.1. The lowest BCUT2D eigenvalue weighted by Gasteiger charge is -2.03. The van der Waals surface area contributed by atoms with Crippen LogP contribution in [-0.4, -0.2) is 20.9 Å². The second-order valence-electron chi connectivity index (χ2n) is 3.39. The fourth-order valence-electron chi connectivity index (χ4n) is 1.15. The number of carbonyl (C=O) groups is 1. The van der Waals surface area contributed by atoms with Crippen LogP contribution in [0.25, 0.3) is 0 Å². The molecule has 1 amide bonds. The third-order valence-corrected chi connectivity index (χ3v) is 5.06. The molecule has 0 aliphatic heterocycles. The normalized spacial score (nSPS) is 11.6. The van der Waals surface area contributed by atoms with Gasteiger partial charge in [-0.05, 0) is 18.6 Å². The number of nitrogens with one attached hydrogen (secondary N) is 1. The van der Waals surface area contributed by atoms with Gasteiger partial charge in [0.2, 0.25) is 15.9 Å². The van der Waals surface area contributed by atoms with E-state index in [0.717, 1.165) is 16.2 Å². The molecular weight excluding hydrogens is 262 g/mol. The maximum atomic E-state index is 11.7. The van der Waals surface area contributed by atoms with Gasteiger partial charge in [-0.3, -0.25) is 4.79 Å². The van der Waals surface area contributed by atoms with Crippen molar-refractivity contribution in [3.63, 3.8) is 0 Å². The van der Waals surface area contributed by atoms with Gasteiger partial charge in [0.15, 0.2) is 0 Å². The molecule has 0 fully saturated rings. The van der Waals surface area contributed by atoms with Gasteiger partial charge in [0.1, 0.15) is 4.21 Å². The van der Waals surface area contributed by atoms with Crippen LogP contribution in [0, 0.1) is 0 Å². The zero-order valence-electron chi connectivity index (χ0n) is 9.18. The van der Waals surface area contributed by atoms with E-state index in [1.807, 2.05) is 0 Å². The molecule has 17 heavy (non-hydrogen) atoms. The highest BCUT2D eigenvalue weighted by atomic mass is 32.2. The maximum absolute atomic E-state index is 11.7. The number of rotatable bonds is 7. The molecular formula is C9H15N3O3S2. The number of amides is 1. The SMILES string of the molecule is NCc1ccc(S(=O)(=O)NCCCC(N)=O)s1. The Morgan fingerprint density at radius 3 is 2.65 bits per heavy atom. The Hall–Kier alpha value is -0.960. The molecule has 0 aromatic carbocycles. The highest BCUT2D eigenvalue weighted by Gasteiger charge is 2.15. The molecule has 1 aromatic rings. The summed E-state index contributed by atoms with van der Waals surface area (Å²) in [7, 11) is -3.49. The number of thiophene rings is 1. The van der Waals surface area contributed by atoms with Crippen LogP contribution in [0.3, 0.4) is 0 Å². The Bertz CT molecular complexity index is 481. The van der Waals surface area contributed by atoms with Gasteiger partial charge in [-0.15, -0.1) is 11.3 Å². The van der Waals surface area contributed by atoms with Crippen molar-refractivity contribution in [2.24, 2.45) is 11.5 Å². The first-order valence-corrected chi connectivity index (χ1v) is 7.32. The van der Waals surface area contributed by atoms with Crippen molar-refractivity contribution in [1.29, 1.82) is 0 Å². The number of sulfonamides is 1. The zero-order valence-corrected chi connectivity index (χ0v) is 10.8. The molecule has 0 unspecified atom stereocenters. The monoisotopic (exact) mass is 277 g/mol. The Morgan fingerprint density at radius 1 is 1.41 bits per heavy atom. The van der Waals surface area contributed by atoms with Crippen LogP contribution in [0.5, 0.6) is 0 Å².